The number of nitrogens with one attached hydrogen (secondary N) is 1. The number of carbonyl (C=O) groups is 2. The second-order valence-electron chi connectivity index (χ2n) is 4.23. The summed E-state index contributed by atoms with van der Waals surface area (Å²) < 4.78 is 0. The van der Waals surface area contributed by atoms with Gasteiger partial charge in [0.25, 0.3) is 5.91 Å². The fourth-order valence-corrected chi connectivity index (χ4v) is 2.50. The zero-order valence-corrected chi connectivity index (χ0v) is 11.6. The molecule has 1 aromatic heterocycles. The number of aryl methyl sites for hydroxylation is 2. The van der Waals surface area contributed by atoms with Gasteiger partial charge in [-0.15, -0.1) is 11.3 Å². The van der Waals surface area contributed by atoms with Gasteiger partial charge in [0.15, 0.2) is 0 Å². The molecule has 1 atom stereocenters. The first-order valence-corrected chi connectivity index (χ1v) is 6.69. The molecule has 1 unspecified atom stereocenters. The zero-order valence-electron chi connectivity index (χ0n) is 10.8. The highest BCUT2D eigenvalue weighted by Crippen LogP contribution is 2.17. The number of amides is 1. The average Bonchev–Trinajstić information content (AvgIpc) is 2.62. The number of carbonyl (C=O) groups excluding carboxylic acids is 1. The number of hydrogen-bond acceptors (Lipinski definition) is 4. The van der Waals surface area contributed by atoms with Gasteiger partial charge >= 0.3 is 5.97 Å². The highest BCUT2D eigenvalue weighted by molar-refractivity contribution is 7.13. The second kappa shape index (κ2) is 6.49. The minimum atomic E-state index is -0.832. The van der Waals surface area contributed by atoms with Crippen LogP contribution in [0.4, 0.5) is 0 Å². The molecule has 18 heavy (non-hydrogen) atoms. The van der Waals surface area contributed by atoms with Crippen LogP contribution in [-0.2, 0) is 4.79 Å². The van der Waals surface area contributed by atoms with Gasteiger partial charge in [0, 0.05) is 13.0 Å². The van der Waals surface area contributed by atoms with Gasteiger partial charge in [-0.3, -0.25) is 9.59 Å². The quantitative estimate of drug-likeness (QED) is 0.828. The van der Waals surface area contributed by atoms with Gasteiger partial charge in [0.1, 0.15) is 4.88 Å². The monoisotopic (exact) mass is 270 g/mol. The van der Waals surface area contributed by atoms with Crippen LogP contribution >= 0.6 is 11.3 Å². The van der Waals surface area contributed by atoms with Gasteiger partial charge in [-0.25, -0.2) is 4.98 Å². The average molecular weight is 270 g/mol. The van der Waals surface area contributed by atoms with Crippen LogP contribution in [-0.4, -0.2) is 28.5 Å². The standard InChI is InChI=1S/C12H18N2O3S/c1-4-9(5-10(15)16)6-13-12(17)11-7(2)14-8(3)18-11/h9H,4-6H2,1-3H3,(H,13,17)(H,15,16). The molecule has 0 saturated heterocycles. The van der Waals surface area contributed by atoms with Crippen molar-refractivity contribution in [3.8, 4) is 0 Å². The summed E-state index contributed by atoms with van der Waals surface area (Å²) in [5.74, 6) is -1.02. The first kappa shape index (κ1) is 14.6. The molecule has 0 aliphatic carbocycles. The molecule has 1 rings (SSSR count). The van der Waals surface area contributed by atoms with E-state index in [-0.39, 0.29) is 18.2 Å². The van der Waals surface area contributed by atoms with Crippen LogP contribution in [0.25, 0.3) is 0 Å². The molecule has 0 aliphatic rings. The van der Waals surface area contributed by atoms with Gasteiger partial charge in [-0.1, -0.05) is 13.3 Å². The van der Waals surface area contributed by atoms with E-state index < -0.39 is 5.97 Å². The molecule has 0 spiro atoms. The van der Waals surface area contributed by atoms with Crippen LogP contribution in [0.15, 0.2) is 0 Å². The maximum Gasteiger partial charge on any atom is 0.303 e. The SMILES string of the molecule is CCC(CNC(=O)c1sc(C)nc1C)CC(=O)O. The number of carboxylic acid groups (broad SMARTS) is 1. The molecular weight excluding hydrogens is 252 g/mol. The predicted molar refractivity (Wildman–Crippen MR) is 70.0 cm³/mol. The largest absolute Gasteiger partial charge is 0.481 e. The normalized spacial score (nSPS) is 12.2. The smallest absolute Gasteiger partial charge is 0.303 e. The summed E-state index contributed by atoms with van der Waals surface area (Å²) in [5, 5.41) is 12.4. The Balaban J connectivity index is 2.55. The van der Waals surface area contributed by atoms with Crippen molar-refractivity contribution in [2.24, 2.45) is 5.92 Å². The maximum atomic E-state index is 11.9. The Hall–Kier alpha value is -1.43. The van der Waals surface area contributed by atoms with Crippen molar-refractivity contribution < 1.29 is 14.7 Å². The van der Waals surface area contributed by atoms with Gasteiger partial charge in [-0.05, 0) is 19.8 Å². The molecule has 0 bridgehead atoms. The van der Waals surface area contributed by atoms with Crippen LogP contribution in [0.5, 0.6) is 0 Å². The lowest BCUT2D eigenvalue weighted by Crippen LogP contribution is -2.30. The number of aliphatic carboxylic acids is 1. The summed E-state index contributed by atoms with van der Waals surface area (Å²) in [4.78, 5) is 27.3. The predicted octanol–water partition coefficient (Wildman–Crippen LogP) is 1.99. The van der Waals surface area contributed by atoms with Gasteiger partial charge in [-0.2, -0.15) is 0 Å². The Morgan fingerprint density at radius 2 is 2.11 bits per heavy atom. The topological polar surface area (TPSA) is 79.3 Å². The van der Waals surface area contributed by atoms with E-state index in [0.717, 1.165) is 17.1 Å². The number of thiazole rings is 1. The third-order valence-electron chi connectivity index (χ3n) is 2.70. The minimum Gasteiger partial charge on any atom is -0.481 e. The lowest BCUT2D eigenvalue weighted by Gasteiger charge is -2.12. The van der Waals surface area contributed by atoms with E-state index in [4.69, 9.17) is 5.11 Å². The third-order valence-corrected chi connectivity index (χ3v) is 3.77. The van der Waals surface area contributed by atoms with Crippen LogP contribution in [0.2, 0.25) is 0 Å². The third kappa shape index (κ3) is 4.10. The van der Waals surface area contributed by atoms with Crippen molar-refractivity contribution in [2.75, 3.05) is 6.54 Å². The maximum absolute atomic E-state index is 11.9. The van der Waals surface area contributed by atoms with E-state index in [1.54, 1.807) is 6.92 Å². The zero-order chi connectivity index (χ0) is 13.7. The molecule has 0 aromatic carbocycles. The molecule has 0 saturated carbocycles. The Morgan fingerprint density at radius 1 is 1.44 bits per heavy atom. The number of aromatic nitrogens is 1. The molecule has 2 N–H and O–H groups in total. The number of rotatable bonds is 6. The lowest BCUT2D eigenvalue weighted by atomic mass is 10.0. The molecule has 1 amide bonds. The second-order valence-corrected chi connectivity index (χ2v) is 5.43. The highest BCUT2D eigenvalue weighted by atomic mass is 32.1. The van der Waals surface area contributed by atoms with E-state index in [0.29, 0.717) is 11.4 Å². The van der Waals surface area contributed by atoms with E-state index in [1.165, 1.54) is 11.3 Å². The fraction of sp³-hybridized carbons (Fsp3) is 0.583. The molecule has 0 radical (unpaired) electrons. The molecule has 1 heterocycles. The minimum absolute atomic E-state index is 0.0271. The summed E-state index contributed by atoms with van der Waals surface area (Å²) in [5.41, 5.74) is 0.723. The molecule has 1 aromatic rings. The van der Waals surface area contributed by atoms with Crippen LogP contribution in [0, 0.1) is 19.8 Å². The Morgan fingerprint density at radius 3 is 2.56 bits per heavy atom. The number of carboxylic acids is 1. The first-order chi connectivity index (χ1) is 8.43. The van der Waals surface area contributed by atoms with E-state index in [1.807, 2.05) is 13.8 Å². The first-order valence-electron chi connectivity index (χ1n) is 5.88. The van der Waals surface area contributed by atoms with Gasteiger partial charge in [0.2, 0.25) is 0 Å². The summed E-state index contributed by atoms with van der Waals surface area (Å²) in [6.45, 7) is 5.96. The van der Waals surface area contributed by atoms with Crippen molar-refractivity contribution in [3.63, 3.8) is 0 Å². The number of nitrogens with zero attached hydrogens (tertiary/aromatic N) is 1. The van der Waals surface area contributed by atoms with Crippen LogP contribution in [0.1, 0.15) is 40.1 Å². The summed E-state index contributed by atoms with van der Waals surface area (Å²) in [7, 11) is 0. The Labute approximate surface area is 110 Å². The van der Waals surface area contributed by atoms with Crippen LogP contribution < -0.4 is 5.32 Å². The fourth-order valence-electron chi connectivity index (χ4n) is 1.67. The highest BCUT2D eigenvalue weighted by Gasteiger charge is 2.16. The molecule has 6 heteroatoms. The Kier molecular flexibility index (Phi) is 5.27. The van der Waals surface area contributed by atoms with Gasteiger partial charge < -0.3 is 10.4 Å². The van der Waals surface area contributed by atoms with Crippen molar-refractivity contribution in [3.05, 3.63) is 15.6 Å². The summed E-state index contributed by atoms with van der Waals surface area (Å²) >= 11 is 1.36. The molecule has 0 fully saturated rings. The molecule has 5 nitrogen and oxygen atoms in total. The summed E-state index contributed by atoms with van der Waals surface area (Å²) in [6, 6.07) is 0. The van der Waals surface area contributed by atoms with Crippen LogP contribution in [0.3, 0.4) is 0 Å². The lowest BCUT2D eigenvalue weighted by molar-refractivity contribution is -0.138. The molecule has 0 aliphatic heterocycles. The number of hydrogen-bond donors (Lipinski definition) is 2. The van der Waals surface area contributed by atoms with Gasteiger partial charge in [0.05, 0.1) is 10.7 Å². The van der Waals surface area contributed by atoms with E-state index in [9.17, 15) is 9.59 Å². The van der Waals surface area contributed by atoms with Crippen molar-refractivity contribution >= 4 is 23.2 Å². The van der Waals surface area contributed by atoms with Crippen molar-refractivity contribution in [2.45, 2.75) is 33.6 Å². The molecular formula is C12H18N2O3S. The van der Waals surface area contributed by atoms with Crippen molar-refractivity contribution in [1.82, 2.24) is 10.3 Å². The van der Waals surface area contributed by atoms with Crippen molar-refractivity contribution in [1.29, 1.82) is 0 Å². The molecule has 100 valence electrons. The Bertz CT molecular complexity index is 443. The van der Waals surface area contributed by atoms with E-state index in [2.05, 4.69) is 10.3 Å². The van der Waals surface area contributed by atoms with E-state index >= 15 is 0 Å². The summed E-state index contributed by atoms with van der Waals surface area (Å²) in [6.07, 6.45) is 0.810.